The third kappa shape index (κ3) is 2.14. The molecule has 0 unspecified atom stereocenters. The van der Waals surface area contributed by atoms with Gasteiger partial charge >= 0.3 is 11.9 Å². The van der Waals surface area contributed by atoms with Gasteiger partial charge in [0.05, 0.1) is 19.8 Å². The Labute approximate surface area is 87.6 Å². The standard InChI is InChI=1S/C9H14N2O4/c1-3-14-7(12)9(5-6-10-11-9)8(13)15-4-2/h3-6H2,1-2H3. The fraction of sp³-hybridized carbons (Fsp3) is 0.778. The van der Waals surface area contributed by atoms with E-state index in [4.69, 9.17) is 9.47 Å². The van der Waals surface area contributed by atoms with Crippen LogP contribution < -0.4 is 0 Å². The van der Waals surface area contributed by atoms with Gasteiger partial charge in [-0.3, -0.25) is 0 Å². The molecule has 0 spiro atoms. The molecule has 1 aliphatic rings. The number of carbonyl (C=O) groups is 2. The van der Waals surface area contributed by atoms with Crippen molar-refractivity contribution in [3.63, 3.8) is 0 Å². The van der Waals surface area contributed by atoms with Gasteiger partial charge in [-0.25, -0.2) is 9.59 Å². The summed E-state index contributed by atoms with van der Waals surface area (Å²) < 4.78 is 9.61. The van der Waals surface area contributed by atoms with Crippen LogP contribution in [0.25, 0.3) is 0 Å². The molecule has 0 atom stereocenters. The Morgan fingerprint density at radius 2 is 1.73 bits per heavy atom. The van der Waals surface area contributed by atoms with Crippen molar-refractivity contribution in [2.75, 3.05) is 19.8 Å². The molecule has 0 aliphatic carbocycles. The molecule has 84 valence electrons. The molecule has 0 aromatic carbocycles. The number of nitrogens with zero attached hydrogens (tertiary/aromatic N) is 2. The summed E-state index contributed by atoms with van der Waals surface area (Å²) in [6, 6.07) is 0. The van der Waals surface area contributed by atoms with Gasteiger partial charge in [-0.1, -0.05) is 0 Å². The number of azo groups is 1. The monoisotopic (exact) mass is 214 g/mol. The third-order valence-electron chi connectivity index (χ3n) is 2.04. The molecule has 6 heteroatoms. The van der Waals surface area contributed by atoms with E-state index in [0.717, 1.165) is 0 Å². The summed E-state index contributed by atoms with van der Waals surface area (Å²) in [5, 5.41) is 7.35. The lowest BCUT2D eigenvalue weighted by molar-refractivity contribution is -0.163. The van der Waals surface area contributed by atoms with E-state index in [9.17, 15) is 9.59 Å². The molecule has 0 bridgehead atoms. The SMILES string of the molecule is CCOC(=O)C1(C(=O)OCC)CCN=N1. The van der Waals surface area contributed by atoms with Crippen molar-refractivity contribution >= 4 is 11.9 Å². The van der Waals surface area contributed by atoms with Gasteiger partial charge in [0.15, 0.2) is 0 Å². The maximum absolute atomic E-state index is 11.6. The lowest BCUT2D eigenvalue weighted by Gasteiger charge is -2.19. The Kier molecular flexibility index (Phi) is 3.76. The second-order valence-electron chi connectivity index (χ2n) is 3.02. The van der Waals surface area contributed by atoms with Crippen molar-refractivity contribution in [2.45, 2.75) is 25.8 Å². The molecule has 1 aliphatic heterocycles. The molecule has 0 saturated carbocycles. The largest absolute Gasteiger partial charge is 0.464 e. The van der Waals surface area contributed by atoms with E-state index in [1.165, 1.54) is 0 Å². The average Bonchev–Trinajstić information content (AvgIpc) is 2.68. The molecule has 15 heavy (non-hydrogen) atoms. The molecule has 0 aromatic rings. The molecule has 0 fully saturated rings. The van der Waals surface area contributed by atoms with Crippen LogP contribution in [-0.2, 0) is 19.1 Å². The molecule has 6 nitrogen and oxygen atoms in total. The first-order chi connectivity index (χ1) is 7.17. The van der Waals surface area contributed by atoms with Crippen LogP contribution >= 0.6 is 0 Å². The zero-order chi connectivity index (χ0) is 11.3. The zero-order valence-electron chi connectivity index (χ0n) is 8.86. The molecule has 0 amide bonds. The second-order valence-corrected chi connectivity index (χ2v) is 3.02. The van der Waals surface area contributed by atoms with Crippen LogP contribution in [0.15, 0.2) is 10.2 Å². The van der Waals surface area contributed by atoms with E-state index in [1.54, 1.807) is 13.8 Å². The molecule has 0 saturated heterocycles. The number of hydrogen-bond acceptors (Lipinski definition) is 6. The molecule has 1 rings (SSSR count). The summed E-state index contributed by atoms with van der Waals surface area (Å²) in [6.07, 6.45) is 0.227. The van der Waals surface area contributed by atoms with E-state index in [1.807, 2.05) is 0 Å². The molecule has 0 radical (unpaired) electrons. The van der Waals surface area contributed by atoms with Gasteiger partial charge in [0.1, 0.15) is 0 Å². The minimum atomic E-state index is -1.55. The number of rotatable bonds is 4. The van der Waals surface area contributed by atoms with Crippen LogP contribution in [0.3, 0.4) is 0 Å². The molecular weight excluding hydrogens is 200 g/mol. The van der Waals surface area contributed by atoms with E-state index in [-0.39, 0.29) is 19.6 Å². The first-order valence-corrected chi connectivity index (χ1v) is 4.90. The van der Waals surface area contributed by atoms with Crippen LogP contribution in [0, 0.1) is 0 Å². The van der Waals surface area contributed by atoms with E-state index >= 15 is 0 Å². The van der Waals surface area contributed by atoms with Gasteiger partial charge in [0.2, 0.25) is 0 Å². The predicted molar refractivity (Wildman–Crippen MR) is 50.3 cm³/mol. The fourth-order valence-electron chi connectivity index (χ4n) is 1.30. The van der Waals surface area contributed by atoms with Gasteiger partial charge in [-0.2, -0.15) is 10.2 Å². The van der Waals surface area contributed by atoms with Crippen molar-refractivity contribution in [3.8, 4) is 0 Å². The predicted octanol–water partition coefficient (Wildman–Crippen LogP) is 0.707. The van der Waals surface area contributed by atoms with Gasteiger partial charge in [0, 0.05) is 6.42 Å². The van der Waals surface area contributed by atoms with Crippen molar-refractivity contribution < 1.29 is 19.1 Å². The second kappa shape index (κ2) is 4.86. The summed E-state index contributed by atoms with van der Waals surface area (Å²) in [4.78, 5) is 23.2. The quantitative estimate of drug-likeness (QED) is 0.510. The summed E-state index contributed by atoms with van der Waals surface area (Å²) in [5.74, 6) is -1.35. The van der Waals surface area contributed by atoms with Crippen LogP contribution in [0.4, 0.5) is 0 Å². The molecule has 0 N–H and O–H groups in total. The first kappa shape index (κ1) is 11.6. The van der Waals surface area contributed by atoms with Crippen LogP contribution in [0.2, 0.25) is 0 Å². The summed E-state index contributed by atoms with van der Waals surface area (Å²) in [6.45, 7) is 4.09. The summed E-state index contributed by atoms with van der Waals surface area (Å²) in [7, 11) is 0. The topological polar surface area (TPSA) is 77.3 Å². The van der Waals surface area contributed by atoms with Gasteiger partial charge in [0.25, 0.3) is 5.54 Å². The normalized spacial score (nSPS) is 17.5. The van der Waals surface area contributed by atoms with Crippen molar-refractivity contribution in [3.05, 3.63) is 0 Å². The Morgan fingerprint density at radius 1 is 1.20 bits per heavy atom. The molecule has 1 heterocycles. The maximum atomic E-state index is 11.6. The molecule has 0 aromatic heterocycles. The Bertz CT molecular complexity index is 270. The Hall–Kier alpha value is -1.46. The number of ether oxygens (including phenoxy) is 2. The highest BCUT2D eigenvalue weighted by Gasteiger charge is 2.51. The van der Waals surface area contributed by atoms with E-state index in [0.29, 0.717) is 6.54 Å². The van der Waals surface area contributed by atoms with E-state index < -0.39 is 17.5 Å². The number of hydrogen-bond donors (Lipinski definition) is 0. The number of carbonyl (C=O) groups excluding carboxylic acids is 2. The lowest BCUT2D eigenvalue weighted by atomic mass is 9.98. The highest BCUT2D eigenvalue weighted by Crippen LogP contribution is 2.26. The Balaban J connectivity index is 2.83. The zero-order valence-corrected chi connectivity index (χ0v) is 8.86. The van der Waals surface area contributed by atoms with Gasteiger partial charge < -0.3 is 9.47 Å². The summed E-state index contributed by atoms with van der Waals surface area (Å²) >= 11 is 0. The van der Waals surface area contributed by atoms with Gasteiger partial charge in [-0.05, 0) is 13.8 Å². The van der Waals surface area contributed by atoms with Crippen molar-refractivity contribution in [2.24, 2.45) is 10.2 Å². The van der Waals surface area contributed by atoms with Crippen molar-refractivity contribution in [1.29, 1.82) is 0 Å². The fourth-order valence-corrected chi connectivity index (χ4v) is 1.30. The van der Waals surface area contributed by atoms with Crippen LogP contribution in [-0.4, -0.2) is 37.2 Å². The van der Waals surface area contributed by atoms with Gasteiger partial charge in [-0.15, -0.1) is 0 Å². The molecular formula is C9H14N2O4. The van der Waals surface area contributed by atoms with Crippen LogP contribution in [0.1, 0.15) is 20.3 Å². The maximum Gasteiger partial charge on any atom is 0.347 e. The lowest BCUT2D eigenvalue weighted by Crippen LogP contribution is -2.46. The highest BCUT2D eigenvalue weighted by molar-refractivity contribution is 6.05. The first-order valence-electron chi connectivity index (χ1n) is 4.90. The smallest absolute Gasteiger partial charge is 0.347 e. The third-order valence-corrected chi connectivity index (χ3v) is 2.04. The van der Waals surface area contributed by atoms with Crippen molar-refractivity contribution in [1.82, 2.24) is 0 Å². The minimum absolute atomic E-state index is 0.204. The Morgan fingerprint density at radius 3 is 2.07 bits per heavy atom. The average molecular weight is 214 g/mol. The summed E-state index contributed by atoms with van der Waals surface area (Å²) in [5.41, 5.74) is -1.55. The highest BCUT2D eigenvalue weighted by atomic mass is 16.6. The minimum Gasteiger partial charge on any atom is -0.464 e. The van der Waals surface area contributed by atoms with E-state index in [2.05, 4.69) is 10.2 Å². The number of esters is 2. The van der Waals surface area contributed by atoms with Crippen LogP contribution in [0.5, 0.6) is 0 Å².